The molecule has 2 aromatic rings. The van der Waals surface area contributed by atoms with E-state index in [1.54, 1.807) is 18.2 Å². The van der Waals surface area contributed by atoms with Crippen molar-refractivity contribution in [2.24, 2.45) is 14.1 Å². The first kappa shape index (κ1) is 13.2. The van der Waals surface area contributed by atoms with Crippen molar-refractivity contribution in [2.45, 2.75) is 0 Å². The number of hydrogen-bond acceptors (Lipinski definition) is 5. The van der Waals surface area contributed by atoms with E-state index in [-0.39, 0.29) is 5.82 Å². The number of nitrogens with two attached hydrogens (primary N) is 1. The molecule has 0 aliphatic rings. The van der Waals surface area contributed by atoms with Crippen LogP contribution < -0.4 is 22.3 Å². The van der Waals surface area contributed by atoms with Crippen molar-refractivity contribution in [1.82, 2.24) is 14.3 Å². The van der Waals surface area contributed by atoms with Gasteiger partial charge in [-0.2, -0.15) is 0 Å². The minimum atomic E-state index is -0.540. The highest BCUT2D eigenvalue weighted by molar-refractivity contribution is 6.33. The van der Waals surface area contributed by atoms with Gasteiger partial charge in [0.05, 0.1) is 10.7 Å². The maximum atomic E-state index is 11.9. The van der Waals surface area contributed by atoms with Crippen LogP contribution in [-0.2, 0) is 14.1 Å². The lowest BCUT2D eigenvalue weighted by atomic mass is 10.3. The van der Waals surface area contributed by atoms with Crippen LogP contribution in [0.4, 0.5) is 17.2 Å². The molecular formula is C11H12ClN5O2. The van der Waals surface area contributed by atoms with E-state index >= 15 is 0 Å². The Balaban J connectivity index is 2.53. The van der Waals surface area contributed by atoms with E-state index in [9.17, 15) is 9.59 Å². The highest BCUT2D eigenvalue weighted by Crippen LogP contribution is 2.25. The van der Waals surface area contributed by atoms with Crippen molar-refractivity contribution >= 4 is 28.8 Å². The lowest BCUT2D eigenvalue weighted by Gasteiger charge is -2.09. The highest BCUT2D eigenvalue weighted by atomic mass is 35.5. The van der Waals surface area contributed by atoms with Crippen molar-refractivity contribution in [3.63, 3.8) is 0 Å². The summed E-state index contributed by atoms with van der Waals surface area (Å²) < 4.78 is 2.01. The van der Waals surface area contributed by atoms with E-state index in [0.717, 1.165) is 9.25 Å². The zero-order valence-corrected chi connectivity index (χ0v) is 11.1. The molecule has 1 aromatic carbocycles. The van der Waals surface area contributed by atoms with Gasteiger partial charge in [-0.25, -0.2) is 9.48 Å². The number of rotatable bonds is 2. The molecule has 0 saturated heterocycles. The van der Waals surface area contributed by atoms with E-state index in [1.165, 1.54) is 14.1 Å². The van der Waals surface area contributed by atoms with Crippen LogP contribution in [-0.4, -0.2) is 14.3 Å². The molecule has 100 valence electrons. The minimum Gasteiger partial charge on any atom is -0.399 e. The molecule has 1 aromatic heterocycles. The number of hydrogen-bond donors (Lipinski definition) is 2. The molecule has 2 rings (SSSR count). The average molecular weight is 282 g/mol. The molecule has 0 aliphatic heterocycles. The third-order valence-electron chi connectivity index (χ3n) is 2.56. The summed E-state index contributed by atoms with van der Waals surface area (Å²) in [4.78, 5) is 23.4. The first-order valence-electron chi connectivity index (χ1n) is 5.36. The van der Waals surface area contributed by atoms with Crippen LogP contribution in [0.5, 0.6) is 0 Å². The Labute approximate surface area is 113 Å². The maximum absolute atomic E-state index is 11.9. The zero-order chi connectivity index (χ0) is 14.2. The highest BCUT2D eigenvalue weighted by Gasteiger charge is 2.10. The van der Waals surface area contributed by atoms with Gasteiger partial charge in [0.15, 0.2) is 0 Å². The zero-order valence-electron chi connectivity index (χ0n) is 10.3. The first-order valence-corrected chi connectivity index (χ1v) is 5.74. The molecule has 0 atom stereocenters. The van der Waals surface area contributed by atoms with Gasteiger partial charge in [0.25, 0.3) is 5.56 Å². The number of halogens is 1. The molecule has 0 fully saturated rings. The normalized spacial score (nSPS) is 10.5. The fourth-order valence-corrected chi connectivity index (χ4v) is 1.71. The molecule has 0 spiro atoms. The average Bonchev–Trinajstić information content (AvgIpc) is 2.37. The van der Waals surface area contributed by atoms with Crippen molar-refractivity contribution < 1.29 is 0 Å². The van der Waals surface area contributed by atoms with Gasteiger partial charge in [-0.05, 0) is 18.2 Å². The predicted molar refractivity (Wildman–Crippen MR) is 73.9 cm³/mol. The Hall–Kier alpha value is -2.28. The summed E-state index contributed by atoms with van der Waals surface area (Å²) in [5.41, 5.74) is 5.54. The van der Waals surface area contributed by atoms with Gasteiger partial charge in [0, 0.05) is 19.8 Å². The summed E-state index contributed by atoms with van der Waals surface area (Å²) in [6.45, 7) is 0. The molecule has 19 heavy (non-hydrogen) atoms. The molecule has 0 saturated carbocycles. The second kappa shape index (κ2) is 4.77. The van der Waals surface area contributed by atoms with Crippen LogP contribution in [0.25, 0.3) is 0 Å². The first-order chi connectivity index (χ1) is 8.90. The lowest BCUT2D eigenvalue weighted by molar-refractivity contribution is 0.607. The molecule has 0 radical (unpaired) electrons. The quantitative estimate of drug-likeness (QED) is 0.780. The number of nitrogens with zero attached hydrogens (tertiary/aromatic N) is 3. The summed E-state index contributed by atoms with van der Waals surface area (Å²) >= 11 is 5.99. The Kier molecular flexibility index (Phi) is 3.30. The fourth-order valence-electron chi connectivity index (χ4n) is 1.54. The van der Waals surface area contributed by atoms with Crippen LogP contribution in [0.15, 0.2) is 27.8 Å². The molecule has 0 bridgehead atoms. The van der Waals surface area contributed by atoms with E-state index in [0.29, 0.717) is 16.4 Å². The Morgan fingerprint density at radius 1 is 1.32 bits per heavy atom. The van der Waals surface area contributed by atoms with Crippen LogP contribution in [0.1, 0.15) is 0 Å². The molecule has 1 heterocycles. The van der Waals surface area contributed by atoms with Gasteiger partial charge < -0.3 is 11.1 Å². The summed E-state index contributed by atoms with van der Waals surface area (Å²) in [5, 5.41) is 7.03. The molecule has 0 amide bonds. The minimum absolute atomic E-state index is 0.00269. The second-order valence-corrected chi connectivity index (χ2v) is 4.39. The summed E-state index contributed by atoms with van der Waals surface area (Å²) in [5.74, 6) is -0.00269. The standard InChI is InChI=1S/C11H12ClN5O2/c1-16-10(18)9(15-17(2)11(16)19)14-8-5-6(13)3-4-7(8)12/h3-5H,13H2,1-2H3,(H,14,15). The second-order valence-electron chi connectivity index (χ2n) is 3.98. The van der Waals surface area contributed by atoms with Crippen LogP contribution in [0.3, 0.4) is 0 Å². The maximum Gasteiger partial charge on any atom is 0.346 e. The van der Waals surface area contributed by atoms with E-state index < -0.39 is 11.2 Å². The third-order valence-corrected chi connectivity index (χ3v) is 2.89. The number of aromatic nitrogens is 3. The van der Waals surface area contributed by atoms with Gasteiger partial charge in [-0.15, -0.1) is 5.10 Å². The largest absolute Gasteiger partial charge is 0.399 e. The Bertz CT molecular complexity index is 750. The molecule has 0 aliphatic carbocycles. The van der Waals surface area contributed by atoms with Crippen LogP contribution >= 0.6 is 11.6 Å². The molecule has 0 unspecified atom stereocenters. The van der Waals surface area contributed by atoms with Gasteiger partial charge >= 0.3 is 5.69 Å². The predicted octanol–water partition coefficient (Wildman–Crippen LogP) is 0.458. The van der Waals surface area contributed by atoms with Crippen molar-refractivity contribution in [2.75, 3.05) is 11.1 Å². The Morgan fingerprint density at radius 3 is 2.68 bits per heavy atom. The van der Waals surface area contributed by atoms with Gasteiger partial charge in [-0.1, -0.05) is 11.6 Å². The number of nitrogen functional groups attached to an aromatic ring is 1. The smallest absolute Gasteiger partial charge is 0.346 e. The van der Waals surface area contributed by atoms with Gasteiger partial charge in [0.2, 0.25) is 5.82 Å². The van der Waals surface area contributed by atoms with Gasteiger partial charge in [0.1, 0.15) is 0 Å². The summed E-state index contributed by atoms with van der Waals surface area (Å²) in [6, 6.07) is 4.82. The number of benzene rings is 1. The molecular weight excluding hydrogens is 270 g/mol. The van der Waals surface area contributed by atoms with E-state index in [1.807, 2.05) is 0 Å². The molecule has 7 nitrogen and oxygen atoms in total. The number of aryl methyl sites for hydroxylation is 1. The monoisotopic (exact) mass is 281 g/mol. The van der Waals surface area contributed by atoms with Crippen molar-refractivity contribution in [3.05, 3.63) is 44.1 Å². The third kappa shape index (κ3) is 2.45. The van der Waals surface area contributed by atoms with Crippen LogP contribution in [0.2, 0.25) is 5.02 Å². The lowest BCUT2D eigenvalue weighted by Crippen LogP contribution is -2.39. The van der Waals surface area contributed by atoms with Gasteiger partial charge in [-0.3, -0.25) is 9.36 Å². The summed E-state index contributed by atoms with van der Waals surface area (Å²) in [6.07, 6.45) is 0. The van der Waals surface area contributed by atoms with Crippen LogP contribution in [0, 0.1) is 0 Å². The van der Waals surface area contributed by atoms with Crippen molar-refractivity contribution in [1.29, 1.82) is 0 Å². The summed E-state index contributed by atoms with van der Waals surface area (Å²) in [7, 11) is 2.83. The topological polar surface area (TPSA) is 94.9 Å². The molecule has 8 heteroatoms. The van der Waals surface area contributed by atoms with E-state index in [4.69, 9.17) is 17.3 Å². The number of anilines is 3. The van der Waals surface area contributed by atoms with E-state index in [2.05, 4.69) is 10.4 Å². The fraction of sp³-hybridized carbons (Fsp3) is 0.182. The van der Waals surface area contributed by atoms with Crippen molar-refractivity contribution in [3.8, 4) is 0 Å². The SMILES string of the molecule is Cn1nc(Nc2cc(N)ccc2Cl)c(=O)n(C)c1=O. The molecule has 3 N–H and O–H groups in total. The Morgan fingerprint density at radius 2 is 2.00 bits per heavy atom. The number of nitrogens with one attached hydrogen (secondary N) is 1.